The van der Waals surface area contributed by atoms with Crippen molar-refractivity contribution in [2.45, 2.75) is 6.92 Å². The molecule has 6 rings (SSSR count). The van der Waals surface area contributed by atoms with Crippen LogP contribution in [0.15, 0.2) is 109 Å². The second kappa shape index (κ2) is 6.60. The molecule has 142 valence electrons. The summed E-state index contributed by atoms with van der Waals surface area (Å²) < 4.78 is 2.36. The van der Waals surface area contributed by atoms with Gasteiger partial charge in [0.15, 0.2) is 0 Å². The molecule has 6 aromatic rings. The Balaban J connectivity index is 1.69. The number of fused-ring (bicyclic) bond motifs is 4. The fourth-order valence-corrected chi connectivity index (χ4v) is 4.70. The molecule has 0 fully saturated rings. The van der Waals surface area contributed by atoms with Crippen LogP contribution in [0.1, 0.15) is 5.56 Å². The zero-order valence-electron chi connectivity index (χ0n) is 16.8. The number of nitrogens with zero attached hydrogens (tertiary/aromatic N) is 1. The molecule has 0 N–H and O–H groups in total. The second-order valence-corrected chi connectivity index (χ2v) is 7.95. The third kappa shape index (κ3) is 2.56. The first kappa shape index (κ1) is 17.1. The maximum absolute atomic E-state index is 2.36. The van der Waals surface area contributed by atoms with Crippen molar-refractivity contribution in [2.24, 2.45) is 0 Å². The number of aryl methyl sites for hydroxylation is 1. The average Bonchev–Trinajstić information content (AvgIpc) is 3.13. The summed E-state index contributed by atoms with van der Waals surface area (Å²) >= 11 is 0. The lowest BCUT2D eigenvalue weighted by Gasteiger charge is -2.10. The van der Waals surface area contributed by atoms with Gasteiger partial charge in [-0.15, -0.1) is 0 Å². The maximum Gasteiger partial charge on any atom is 0.0541 e. The van der Waals surface area contributed by atoms with E-state index in [0.29, 0.717) is 0 Å². The average molecular weight is 383 g/mol. The lowest BCUT2D eigenvalue weighted by Crippen LogP contribution is -1.92. The molecular formula is C29H21N. The Hall–Kier alpha value is -3.84. The van der Waals surface area contributed by atoms with E-state index in [1.807, 2.05) is 0 Å². The van der Waals surface area contributed by atoms with Crippen molar-refractivity contribution in [1.82, 2.24) is 4.57 Å². The number of hydrogen-bond acceptors (Lipinski definition) is 0. The normalized spacial score (nSPS) is 11.5. The molecule has 0 aliphatic carbocycles. The van der Waals surface area contributed by atoms with Crippen LogP contribution in [0.3, 0.4) is 0 Å². The van der Waals surface area contributed by atoms with Gasteiger partial charge in [0.1, 0.15) is 0 Å². The standard InChI is InChI=1S/C29H21N/c1-20-17-21-9-5-6-12-24(21)26(18-20)22-15-16-29-27(19-22)25-13-7-8-14-28(25)30(29)23-10-3-2-4-11-23/h2-19H,1H3. The van der Waals surface area contributed by atoms with Gasteiger partial charge in [-0.3, -0.25) is 0 Å². The number of hydrogen-bond donors (Lipinski definition) is 0. The molecule has 0 aliphatic rings. The van der Waals surface area contributed by atoms with Gasteiger partial charge in [-0.2, -0.15) is 0 Å². The minimum absolute atomic E-state index is 1.19. The number of aromatic nitrogens is 1. The summed E-state index contributed by atoms with van der Waals surface area (Å²) in [4.78, 5) is 0. The highest BCUT2D eigenvalue weighted by atomic mass is 15.0. The quantitative estimate of drug-likeness (QED) is 0.286. The number of para-hydroxylation sites is 2. The smallest absolute Gasteiger partial charge is 0.0541 e. The Labute approximate surface area is 175 Å². The molecular weight excluding hydrogens is 362 g/mol. The minimum Gasteiger partial charge on any atom is -0.309 e. The summed E-state index contributed by atoms with van der Waals surface area (Å²) in [5, 5.41) is 5.17. The van der Waals surface area contributed by atoms with Crippen LogP contribution in [0, 0.1) is 6.92 Å². The molecule has 30 heavy (non-hydrogen) atoms. The summed E-state index contributed by atoms with van der Waals surface area (Å²) in [6.07, 6.45) is 0. The van der Waals surface area contributed by atoms with Crippen LogP contribution in [-0.2, 0) is 0 Å². The SMILES string of the molecule is Cc1cc(-c2ccc3c(c2)c2ccccc2n3-c2ccccc2)c2ccccc2c1. The van der Waals surface area contributed by atoms with E-state index >= 15 is 0 Å². The third-order valence-corrected chi connectivity index (χ3v) is 6.00. The molecule has 0 saturated carbocycles. The first-order chi connectivity index (χ1) is 14.8. The molecule has 0 unspecified atom stereocenters. The highest BCUT2D eigenvalue weighted by Crippen LogP contribution is 2.37. The Bertz CT molecular complexity index is 1540. The zero-order valence-corrected chi connectivity index (χ0v) is 16.8. The van der Waals surface area contributed by atoms with Crippen molar-refractivity contribution in [1.29, 1.82) is 0 Å². The van der Waals surface area contributed by atoms with Gasteiger partial charge in [0.2, 0.25) is 0 Å². The molecule has 0 saturated heterocycles. The Morgan fingerprint density at radius 3 is 2.10 bits per heavy atom. The van der Waals surface area contributed by atoms with Crippen LogP contribution in [0.2, 0.25) is 0 Å². The largest absolute Gasteiger partial charge is 0.309 e. The lowest BCUT2D eigenvalue weighted by atomic mass is 9.95. The van der Waals surface area contributed by atoms with Crippen molar-refractivity contribution in [3.63, 3.8) is 0 Å². The highest BCUT2D eigenvalue weighted by molar-refractivity contribution is 6.11. The number of benzene rings is 5. The molecule has 1 nitrogen and oxygen atoms in total. The van der Waals surface area contributed by atoms with E-state index in [4.69, 9.17) is 0 Å². The van der Waals surface area contributed by atoms with Crippen molar-refractivity contribution in [3.05, 3.63) is 115 Å². The fraction of sp³-hybridized carbons (Fsp3) is 0.0345. The van der Waals surface area contributed by atoms with E-state index in [9.17, 15) is 0 Å². The summed E-state index contributed by atoms with van der Waals surface area (Å²) in [6, 6.07) is 39.4. The molecule has 1 aromatic heterocycles. The monoisotopic (exact) mass is 383 g/mol. The minimum atomic E-state index is 1.19. The molecule has 5 aromatic carbocycles. The molecule has 0 aliphatic heterocycles. The van der Waals surface area contributed by atoms with Gasteiger partial charge in [-0.1, -0.05) is 78.9 Å². The summed E-state index contributed by atoms with van der Waals surface area (Å²) in [5.41, 5.74) is 7.52. The molecule has 0 spiro atoms. The Kier molecular flexibility index (Phi) is 3.75. The van der Waals surface area contributed by atoms with Crippen LogP contribution in [0.4, 0.5) is 0 Å². The van der Waals surface area contributed by atoms with Crippen LogP contribution < -0.4 is 0 Å². The molecule has 1 heterocycles. The van der Waals surface area contributed by atoms with Crippen LogP contribution >= 0.6 is 0 Å². The Morgan fingerprint density at radius 1 is 0.533 bits per heavy atom. The van der Waals surface area contributed by atoms with Gasteiger partial charge in [0.25, 0.3) is 0 Å². The Morgan fingerprint density at radius 2 is 1.23 bits per heavy atom. The van der Waals surface area contributed by atoms with Gasteiger partial charge < -0.3 is 4.57 Å². The van der Waals surface area contributed by atoms with E-state index in [0.717, 1.165) is 0 Å². The van der Waals surface area contributed by atoms with Crippen LogP contribution in [0.25, 0.3) is 49.4 Å². The van der Waals surface area contributed by atoms with Gasteiger partial charge in [0.05, 0.1) is 11.0 Å². The molecule has 1 heteroatoms. The van der Waals surface area contributed by atoms with Crippen molar-refractivity contribution in [2.75, 3.05) is 0 Å². The third-order valence-electron chi connectivity index (χ3n) is 6.00. The fourth-order valence-electron chi connectivity index (χ4n) is 4.70. The van der Waals surface area contributed by atoms with Crippen LogP contribution in [0.5, 0.6) is 0 Å². The highest BCUT2D eigenvalue weighted by Gasteiger charge is 2.13. The number of rotatable bonds is 2. The van der Waals surface area contributed by atoms with E-state index in [1.54, 1.807) is 0 Å². The van der Waals surface area contributed by atoms with Crippen molar-refractivity contribution in [3.8, 4) is 16.8 Å². The maximum atomic E-state index is 2.36. The zero-order chi connectivity index (χ0) is 20.1. The lowest BCUT2D eigenvalue weighted by molar-refractivity contribution is 1.18. The predicted molar refractivity (Wildman–Crippen MR) is 128 cm³/mol. The first-order valence-corrected chi connectivity index (χ1v) is 10.4. The van der Waals surface area contributed by atoms with Crippen LogP contribution in [-0.4, -0.2) is 4.57 Å². The summed E-state index contributed by atoms with van der Waals surface area (Å²) in [5.74, 6) is 0. The first-order valence-electron chi connectivity index (χ1n) is 10.4. The van der Waals surface area contributed by atoms with Crippen molar-refractivity contribution >= 4 is 32.6 Å². The molecule has 0 bridgehead atoms. The van der Waals surface area contributed by atoms with E-state index < -0.39 is 0 Å². The predicted octanol–water partition coefficient (Wildman–Crippen LogP) is 7.91. The van der Waals surface area contributed by atoms with E-state index in [1.165, 1.54) is 55.0 Å². The van der Waals surface area contributed by atoms with Gasteiger partial charge >= 0.3 is 0 Å². The molecule has 0 atom stereocenters. The van der Waals surface area contributed by atoms with Gasteiger partial charge in [0, 0.05) is 16.5 Å². The van der Waals surface area contributed by atoms with E-state index in [-0.39, 0.29) is 0 Å². The van der Waals surface area contributed by atoms with Gasteiger partial charge in [-0.05, 0) is 64.7 Å². The molecule has 0 radical (unpaired) electrons. The topological polar surface area (TPSA) is 4.93 Å². The molecule has 0 amide bonds. The van der Waals surface area contributed by atoms with E-state index in [2.05, 4.69) is 121 Å². The second-order valence-electron chi connectivity index (χ2n) is 7.95. The summed E-state index contributed by atoms with van der Waals surface area (Å²) in [6.45, 7) is 2.18. The van der Waals surface area contributed by atoms with Gasteiger partial charge in [-0.25, -0.2) is 0 Å². The summed E-state index contributed by atoms with van der Waals surface area (Å²) in [7, 11) is 0. The van der Waals surface area contributed by atoms with Crippen molar-refractivity contribution < 1.29 is 0 Å².